The monoisotopic (exact) mass is 372 g/mol. The van der Waals surface area contributed by atoms with Crippen molar-refractivity contribution in [1.29, 1.82) is 0 Å². The van der Waals surface area contributed by atoms with Gasteiger partial charge >= 0.3 is 0 Å². The van der Waals surface area contributed by atoms with Crippen LogP contribution in [0.3, 0.4) is 0 Å². The number of hydrogen-bond acceptors (Lipinski definition) is 3. The van der Waals surface area contributed by atoms with Gasteiger partial charge in [-0.1, -0.05) is 32.4 Å². The molecule has 1 aromatic rings. The van der Waals surface area contributed by atoms with E-state index in [0.29, 0.717) is 32.1 Å². The molecule has 0 N–H and O–H groups in total. The minimum atomic E-state index is -3.61. The molecule has 0 aromatic heterocycles. The Morgan fingerprint density at radius 2 is 2.00 bits per heavy atom. The number of likely N-dealkylation sites (tertiary alicyclic amines) is 1. The number of halogens is 1. The van der Waals surface area contributed by atoms with Gasteiger partial charge in [0.05, 0.1) is 15.5 Å². The summed E-state index contributed by atoms with van der Waals surface area (Å²) in [6.07, 6.45) is 2.07. The molecular weight excluding hydrogens is 348 g/mol. The zero-order valence-corrected chi connectivity index (χ0v) is 16.0. The molecule has 1 fully saturated rings. The molecule has 0 unspecified atom stereocenters. The van der Waals surface area contributed by atoms with E-state index in [0.717, 1.165) is 12.8 Å². The maximum absolute atomic E-state index is 12.8. The van der Waals surface area contributed by atoms with Crippen LogP contribution in [0.15, 0.2) is 23.1 Å². The zero-order chi connectivity index (χ0) is 17.9. The molecule has 134 valence electrons. The smallest absolute Gasteiger partial charge is 0.255 e. The van der Waals surface area contributed by atoms with Gasteiger partial charge in [-0.2, -0.15) is 4.31 Å². The highest BCUT2D eigenvalue weighted by Gasteiger charge is 2.27. The molecular formula is C17H25ClN2O3S. The molecule has 1 heterocycles. The molecule has 1 aromatic carbocycles. The third kappa shape index (κ3) is 3.92. The van der Waals surface area contributed by atoms with E-state index >= 15 is 0 Å². The maximum Gasteiger partial charge on any atom is 0.255 e. The van der Waals surface area contributed by atoms with Gasteiger partial charge in [-0.05, 0) is 37.0 Å². The first-order valence-corrected chi connectivity index (χ1v) is 10.2. The number of sulfonamides is 1. The lowest BCUT2D eigenvalue weighted by molar-refractivity contribution is 0.0683. The summed E-state index contributed by atoms with van der Waals surface area (Å²) < 4.78 is 26.7. The van der Waals surface area contributed by atoms with E-state index in [2.05, 4.69) is 6.92 Å². The number of hydrogen-bond donors (Lipinski definition) is 0. The average Bonchev–Trinajstić information content (AvgIpc) is 2.55. The quantitative estimate of drug-likeness (QED) is 0.797. The van der Waals surface area contributed by atoms with Crippen molar-refractivity contribution >= 4 is 27.5 Å². The van der Waals surface area contributed by atoms with Crippen molar-refractivity contribution in [2.75, 3.05) is 26.2 Å². The molecule has 2 rings (SSSR count). The minimum Gasteiger partial charge on any atom is -0.338 e. The maximum atomic E-state index is 12.8. The van der Waals surface area contributed by atoms with E-state index in [-0.39, 0.29) is 21.4 Å². The molecule has 0 bridgehead atoms. The third-order valence-corrected chi connectivity index (χ3v) is 6.83. The van der Waals surface area contributed by atoms with E-state index in [1.807, 2.05) is 0 Å². The molecule has 0 aliphatic carbocycles. The van der Waals surface area contributed by atoms with Gasteiger partial charge in [0.25, 0.3) is 5.91 Å². The molecule has 1 aliphatic rings. The molecule has 5 nitrogen and oxygen atoms in total. The van der Waals surface area contributed by atoms with E-state index in [4.69, 9.17) is 11.6 Å². The highest BCUT2D eigenvalue weighted by molar-refractivity contribution is 7.89. The Morgan fingerprint density at radius 1 is 1.33 bits per heavy atom. The second kappa shape index (κ2) is 7.85. The Labute approximate surface area is 149 Å². The van der Waals surface area contributed by atoms with Gasteiger partial charge < -0.3 is 4.90 Å². The van der Waals surface area contributed by atoms with Crippen LogP contribution in [0.5, 0.6) is 0 Å². The Bertz CT molecular complexity index is 702. The lowest BCUT2D eigenvalue weighted by atomic mass is 9.99. The minimum absolute atomic E-state index is 0.115. The summed E-state index contributed by atoms with van der Waals surface area (Å²) in [6.45, 7) is 7.83. The molecule has 0 radical (unpaired) electrons. The van der Waals surface area contributed by atoms with Crippen molar-refractivity contribution in [3.63, 3.8) is 0 Å². The summed E-state index contributed by atoms with van der Waals surface area (Å²) in [7, 11) is -3.61. The molecule has 1 amide bonds. The third-order valence-electron chi connectivity index (χ3n) is 4.46. The van der Waals surface area contributed by atoms with Gasteiger partial charge in [-0.3, -0.25) is 4.79 Å². The average molecular weight is 373 g/mol. The van der Waals surface area contributed by atoms with Crippen LogP contribution in [-0.4, -0.2) is 49.7 Å². The summed E-state index contributed by atoms with van der Waals surface area (Å²) in [5.41, 5.74) is 0.263. The van der Waals surface area contributed by atoms with E-state index in [9.17, 15) is 13.2 Å². The lowest BCUT2D eigenvalue weighted by Gasteiger charge is -2.31. The van der Waals surface area contributed by atoms with Crippen LogP contribution in [0, 0.1) is 5.92 Å². The first kappa shape index (κ1) is 19.2. The zero-order valence-electron chi connectivity index (χ0n) is 14.5. The van der Waals surface area contributed by atoms with Crippen LogP contribution in [-0.2, 0) is 10.0 Å². The molecule has 24 heavy (non-hydrogen) atoms. The number of rotatable bonds is 5. The van der Waals surface area contributed by atoms with Crippen molar-refractivity contribution in [1.82, 2.24) is 9.21 Å². The van der Waals surface area contributed by atoms with Gasteiger partial charge in [-0.15, -0.1) is 0 Å². The summed E-state index contributed by atoms with van der Waals surface area (Å²) in [5, 5.41) is 0.289. The topological polar surface area (TPSA) is 57.7 Å². The van der Waals surface area contributed by atoms with E-state index in [1.165, 1.54) is 22.5 Å². The second-order valence-corrected chi connectivity index (χ2v) is 8.57. The number of benzene rings is 1. The van der Waals surface area contributed by atoms with Gasteiger partial charge in [-0.25, -0.2) is 8.42 Å². The predicted molar refractivity (Wildman–Crippen MR) is 95.9 cm³/mol. The van der Waals surface area contributed by atoms with Gasteiger partial charge in [0.15, 0.2) is 0 Å². The first-order valence-electron chi connectivity index (χ1n) is 8.40. The van der Waals surface area contributed by atoms with Gasteiger partial charge in [0, 0.05) is 26.2 Å². The Balaban J connectivity index is 2.37. The van der Waals surface area contributed by atoms with E-state index < -0.39 is 10.0 Å². The van der Waals surface area contributed by atoms with Crippen LogP contribution in [0.2, 0.25) is 5.02 Å². The Hall–Kier alpha value is -1.11. The summed E-state index contributed by atoms with van der Waals surface area (Å²) in [6, 6.07) is 4.38. The van der Waals surface area contributed by atoms with E-state index in [1.54, 1.807) is 18.7 Å². The second-order valence-electron chi connectivity index (χ2n) is 6.23. The number of nitrogens with zero attached hydrogens (tertiary/aromatic N) is 2. The fourth-order valence-corrected chi connectivity index (χ4v) is 4.77. The Kier molecular flexibility index (Phi) is 6.28. The lowest BCUT2D eigenvalue weighted by Crippen LogP contribution is -2.39. The molecule has 0 spiro atoms. The van der Waals surface area contributed by atoms with Crippen LogP contribution in [0.1, 0.15) is 44.0 Å². The van der Waals surface area contributed by atoms with Crippen molar-refractivity contribution in [3.05, 3.63) is 28.8 Å². The van der Waals surface area contributed by atoms with Crippen molar-refractivity contribution in [3.8, 4) is 0 Å². The SMILES string of the molecule is CCN(CC)S(=O)(=O)c1ccc(Cl)c(C(=O)N2CCC[C@@H](C)C2)c1. The fraction of sp³-hybridized carbons (Fsp3) is 0.588. The largest absolute Gasteiger partial charge is 0.338 e. The van der Waals surface area contributed by atoms with Crippen LogP contribution < -0.4 is 0 Å². The number of carbonyl (C=O) groups excluding carboxylic acids is 1. The van der Waals surface area contributed by atoms with Gasteiger partial charge in [0.2, 0.25) is 10.0 Å². The molecule has 0 saturated carbocycles. The Morgan fingerprint density at radius 3 is 2.58 bits per heavy atom. The summed E-state index contributed by atoms with van der Waals surface area (Å²) in [4.78, 5) is 14.7. The van der Waals surface area contributed by atoms with Crippen LogP contribution >= 0.6 is 11.6 Å². The normalized spacial score (nSPS) is 18.9. The summed E-state index contributed by atoms with van der Waals surface area (Å²) in [5.74, 6) is 0.257. The predicted octanol–water partition coefficient (Wildman–Crippen LogP) is 3.24. The van der Waals surface area contributed by atoms with Crippen molar-refractivity contribution in [2.24, 2.45) is 5.92 Å². The summed E-state index contributed by atoms with van der Waals surface area (Å²) >= 11 is 6.19. The highest BCUT2D eigenvalue weighted by atomic mass is 35.5. The van der Waals surface area contributed by atoms with Crippen LogP contribution in [0.4, 0.5) is 0 Å². The molecule has 1 aliphatic heterocycles. The highest BCUT2D eigenvalue weighted by Crippen LogP contribution is 2.26. The number of carbonyl (C=O) groups is 1. The van der Waals surface area contributed by atoms with Crippen molar-refractivity contribution < 1.29 is 13.2 Å². The van der Waals surface area contributed by atoms with Gasteiger partial charge in [0.1, 0.15) is 0 Å². The molecule has 7 heteroatoms. The number of piperidine rings is 1. The fourth-order valence-electron chi connectivity index (χ4n) is 3.09. The van der Waals surface area contributed by atoms with Crippen molar-refractivity contribution in [2.45, 2.75) is 38.5 Å². The standard InChI is InChI=1S/C17H25ClN2O3S/c1-4-20(5-2)24(22,23)14-8-9-16(18)15(11-14)17(21)19-10-6-7-13(3)12-19/h8-9,11,13H,4-7,10,12H2,1-3H3/t13-/m1/s1. The molecule has 1 atom stereocenters. The first-order chi connectivity index (χ1) is 11.3. The number of amides is 1. The molecule has 1 saturated heterocycles. The van der Waals surface area contributed by atoms with Crippen LogP contribution in [0.25, 0.3) is 0 Å².